The Morgan fingerprint density at radius 3 is 1.88 bits per heavy atom. The molecule has 4 aromatic rings. The van der Waals surface area contributed by atoms with Crippen LogP contribution in [-0.4, -0.2) is 47.8 Å². The fourth-order valence-corrected chi connectivity index (χ4v) is 16.3. The maximum absolute atomic E-state index is 14.1. The predicted octanol–water partition coefficient (Wildman–Crippen LogP) is 9.91. The average molecular weight is 811 g/mol. The molecule has 1 saturated carbocycles. The van der Waals surface area contributed by atoms with Gasteiger partial charge in [0, 0.05) is 6.10 Å². The molecule has 0 saturated heterocycles. The van der Waals surface area contributed by atoms with Gasteiger partial charge in [-0.15, -0.1) is 0 Å². The highest BCUT2D eigenvalue weighted by Crippen LogP contribution is 2.51. The van der Waals surface area contributed by atoms with Gasteiger partial charge in [-0.05, 0) is 117 Å². The first-order valence-electron chi connectivity index (χ1n) is 21.2. The number of aliphatic hydroxyl groups is 1. The summed E-state index contributed by atoms with van der Waals surface area (Å²) in [6, 6.07) is 32.1. The van der Waals surface area contributed by atoms with E-state index in [2.05, 4.69) is 113 Å². The number of hydrogen-bond acceptors (Lipinski definition) is 6. The first kappa shape index (κ1) is 43.3. The van der Waals surface area contributed by atoms with Crippen LogP contribution in [-0.2, 0) is 31.6 Å². The van der Waals surface area contributed by atoms with Crippen molar-refractivity contribution in [2.75, 3.05) is 13.7 Å². The number of ether oxygens (including phenoxy) is 1. The third kappa shape index (κ3) is 8.86. The summed E-state index contributed by atoms with van der Waals surface area (Å²) in [4.78, 5) is 0.262. The lowest BCUT2D eigenvalue weighted by Crippen LogP contribution is -2.68. The normalized spacial score (nSPS) is 20.5. The molecule has 1 fully saturated rings. The Labute approximate surface area is 344 Å². The molecule has 1 N–H and O–H groups in total. The smallest absolute Gasteiger partial charge is 0.297 e. The van der Waals surface area contributed by atoms with E-state index in [1.807, 2.05) is 39.8 Å². The largest absolute Gasteiger partial charge is 0.496 e. The van der Waals surface area contributed by atoms with Gasteiger partial charge in [-0.2, -0.15) is 8.42 Å². The first-order chi connectivity index (χ1) is 27.0. The molecule has 0 bridgehead atoms. The van der Waals surface area contributed by atoms with Crippen LogP contribution in [0.1, 0.15) is 127 Å². The summed E-state index contributed by atoms with van der Waals surface area (Å²) in [5.74, 6) is 2.10. The molecule has 4 aromatic carbocycles. The van der Waals surface area contributed by atoms with E-state index in [1.165, 1.54) is 21.5 Å². The van der Waals surface area contributed by atoms with Crippen LogP contribution in [0.4, 0.5) is 0 Å². The lowest BCUT2D eigenvalue weighted by molar-refractivity contribution is 0.0745. The average Bonchev–Trinajstić information content (AvgIpc) is 3.51. The quantitative estimate of drug-likeness (QED) is 0.0952. The maximum Gasteiger partial charge on any atom is 0.297 e. The van der Waals surface area contributed by atoms with Crippen molar-refractivity contribution < 1.29 is 26.9 Å². The third-order valence-electron chi connectivity index (χ3n) is 12.9. The van der Waals surface area contributed by atoms with Crippen LogP contribution >= 0.6 is 0 Å². The summed E-state index contributed by atoms with van der Waals surface area (Å²) < 4.78 is 47.8. The number of fused-ring (bicyclic) bond motifs is 2. The minimum Gasteiger partial charge on any atom is -0.496 e. The maximum atomic E-state index is 14.1. The zero-order valence-electron chi connectivity index (χ0n) is 35.9. The highest BCUT2D eigenvalue weighted by atomic mass is 32.2. The van der Waals surface area contributed by atoms with Crippen LogP contribution in [0.3, 0.4) is 0 Å². The van der Waals surface area contributed by atoms with E-state index in [1.54, 1.807) is 7.11 Å². The van der Waals surface area contributed by atoms with Crippen LogP contribution in [0.25, 0.3) is 0 Å². The molecule has 2 aliphatic rings. The van der Waals surface area contributed by atoms with Crippen molar-refractivity contribution in [3.8, 4) is 5.75 Å². The minimum atomic E-state index is -4.15. The van der Waals surface area contributed by atoms with Gasteiger partial charge in [0.25, 0.3) is 18.4 Å². The summed E-state index contributed by atoms with van der Waals surface area (Å²) in [6.45, 7) is 19.0. The summed E-state index contributed by atoms with van der Waals surface area (Å²) in [5, 5.41) is 13.9. The Morgan fingerprint density at radius 2 is 1.37 bits per heavy atom. The zero-order valence-corrected chi connectivity index (χ0v) is 37.7. The lowest BCUT2D eigenvalue weighted by Gasteiger charge is -2.46. The van der Waals surface area contributed by atoms with Gasteiger partial charge in [-0.25, -0.2) is 0 Å². The van der Waals surface area contributed by atoms with Gasteiger partial charge in [0.1, 0.15) is 10.6 Å². The van der Waals surface area contributed by atoms with E-state index in [0.717, 1.165) is 41.7 Å². The molecular formula is C49H66O6SSi. The number of aliphatic hydroxyl groups excluding tert-OH is 1. The SMILES string of the molecule is COc1cccc2c1C[C@H]1C[C@@H](O[Si](c3ccccc3)(c3ccccc3)C(C)(C)C)[C@H](CC[C@@H](O)COS(=O)(=O)c3c(C(C)C)cc(C(C)C)cc3C(C)C)[C@H]1C2. The molecule has 5 atom stereocenters. The van der Waals surface area contributed by atoms with Crippen molar-refractivity contribution in [3.05, 3.63) is 119 Å². The van der Waals surface area contributed by atoms with Gasteiger partial charge in [-0.3, -0.25) is 4.18 Å². The number of hydrogen-bond donors (Lipinski definition) is 1. The summed E-state index contributed by atoms with van der Waals surface area (Å²) >= 11 is 0. The molecule has 6 nitrogen and oxygen atoms in total. The van der Waals surface area contributed by atoms with Crippen LogP contribution in [0.15, 0.2) is 95.9 Å². The number of methoxy groups -OCH3 is 1. The Bertz CT molecular complexity index is 2000. The van der Waals surface area contributed by atoms with Crippen molar-refractivity contribution in [1.29, 1.82) is 0 Å². The van der Waals surface area contributed by atoms with Gasteiger partial charge in [-0.1, -0.05) is 147 Å². The van der Waals surface area contributed by atoms with Crippen molar-refractivity contribution in [2.24, 2.45) is 17.8 Å². The monoisotopic (exact) mass is 810 g/mol. The Hall–Kier alpha value is -3.27. The van der Waals surface area contributed by atoms with E-state index in [9.17, 15) is 13.5 Å². The van der Waals surface area contributed by atoms with E-state index in [4.69, 9.17) is 13.3 Å². The van der Waals surface area contributed by atoms with E-state index in [-0.39, 0.29) is 46.3 Å². The van der Waals surface area contributed by atoms with Crippen molar-refractivity contribution >= 4 is 28.8 Å². The topological polar surface area (TPSA) is 82.1 Å². The van der Waals surface area contributed by atoms with Gasteiger partial charge in [0.05, 0.1) is 19.8 Å². The molecule has 6 rings (SSSR count). The second-order valence-electron chi connectivity index (χ2n) is 18.6. The van der Waals surface area contributed by atoms with E-state index >= 15 is 0 Å². The fraction of sp³-hybridized carbons (Fsp3) is 0.510. The van der Waals surface area contributed by atoms with E-state index < -0.39 is 24.5 Å². The summed E-state index contributed by atoms with van der Waals surface area (Å²) in [5.41, 5.74) is 5.29. The summed E-state index contributed by atoms with van der Waals surface area (Å²) in [6.07, 6.45) is 2.87. The molecule has 308 valence electrons. The molecule has 57 heavy (non-hydrogen) atoms. The lowest BCUT2D eigenvalue weighted by atomic mass is 9.73. The molecule has 0 heterocycles. The molecule has 8 heteroatoms. The van der Waals surface area contributed by atoms with Crippen LogP contribution < -0.4 is 15.1 Å². The van der Waals surface area contributed by atoms with Crippen molar-refractivity contribution in [2.45, 2.75) is 134 Å². The molecule has 0 aliphatic heterocycles. The molecule has 0 radical (unpaired) electrons. The predicted molar refractivity (Wildman–Crippen MR) is 235 cm³/mol. The van der Waals surface area contributed by atoms with Crippen LogP contribution in [0.5, 0.6) is 5.75 Å². The van der Waals surface area contributed by atoms with Crippen molar-refractivity contribution in [1.82, 2.24) is 0 Å². The Kier molecular flexibility index (Phi) is 13.3. The number of rotatable bonds is 15. The van der Waals surface area contributed by atoms with E-state index in [0.29, 0.717) is 24.7 Å². The highest BCUT2D eigenvalue weighted by molar-refractivity contribution is 7.86. The second kappa shape index (κ2) is 17.5. The fourth-order valence-electron chi connectivity index (χ4n) is 9.89. The molecule has 0 spiro atoms. The Balaban J connectivity index is 1.31. The summed E-state index contributed by atoms with van der Waals surface area (Å²) in [7, 11) is -5.28. The molecule has 0 aromatic heterocycles. The number of benzene rings is 4. The third-order valence-corrected chi connectivity index (χ3v) is 19.3. The first-order valence-corrected chi connectivity index (χ1v) is 24.5. The second-order valence-corrected chi connectivity index (χ2v) is 24.4. The highest BCUT2D eigenvalue weighted by Gasteiger charge is 2.55. The van der Waals surface area contributed by atoms with Gasteiger partial charge in [0.15, 0.2) is 0 Å². The van der Waals surface area contributed by atoms with Gasteiger partial charge < -0.3 is 14.3 Å². The standard InChI is InChI=1S/C49H66O6SSi/c1-32(2)36-27-42(33(3)4)48(43(28-36)34(5)6)56(51,52)54-31-38(50)24-25-41-44-26-35-18-17-23-46(53-10)45(35)29-37(44)30-47(41)55-57(49(7,8)9,39-19-13-11-14-20-39)40-21-15-12-16-22-40/h11-23,27-28,32-34,37-38,41,44,47,50H,24-26,29-31H2,1-10H3/t37-,38+,41+,44-,47+/m0/s1. The molecule has 0 unspecified atom stereocenters. The van der Waals surface area contributed by atoms with Gasteiger partial charge in [0.2, 0.25) is 0 Å². The van der Waals surface area contributed by atoms with Crippen LogP contribution in [0, 0.1) is 17.8 Å². The molecular weight excluding hydrogens is 745 g/mol. The Morgan fingerprint density at radius 1 is 0.789 bits per heavy atom. The van der Waals surface area contributed by atoms with Gasteiger partial charge >= 0.3 is 0 Å². The minimum absolute atomic E-state index is 0.0112. The zero-order chi connectivity index (χ0) is 41.3. The van der Waals surface area contributed by atoms with Crippen molar-refractivity contribution in [3.63, 3.8) is 0 Å². The molecule has 0 amide bonds. The molecule has 2 aliphatic carbocycles. The van der Waals surface area contributed by atoms with Crippen LogP contribution in [0.2, 0.25) is 5.04 Å².